The number of halogens is 1. The van der Waals surface area contributed by atoms with Crippen LogP contribution < -0.4 is 0 Å². The largest absolute Gasteiger partial charge is 0.290 e. The molecule has 0 aromatic heterocycles. The van der Waals surface area contributed by atoms with Crippen LogP contribution >= 0.6 is 0 Å². The maximum atomic E-state index is 12.7. The molecule has 0 aliphatic rings. The van der Waals surface area contributed by atoms with E-state index in [1.807, 2.05) is 6.92 Å². The summed E-state index contributed by atoms with van der Waals surface area (Å²) in [4.78, 5) is 3.75. The average molecular weight is 141 g/mol. The van der Waals surface area contributed by atoms with E-state index >= 15 is 0 Å². The van der Waals surface area contributed by atoms with Gasteiger partial charge in [0.1, 0.15) is 5.83 Å². The molecule has 0 saturated carbocycles. The molecule has 0 heterocycles. The van der Waals surface area contributed by atoms with Crippen LogP contribution in [-0.2, 0) is 0 Å². The van der Waals surface area contributed by atoms with Crippen molar-refractivity contribution in [3.8, 4) is 0 Å². The Morgan fingerprint density at radius 2 is 2.30 bits per heavy atom. The third-order valence-electron chi connectivity index (χ3n) is 1.14. The molecule has 56 valence electrons. The number of hydrogen-bond acceptors (Lipinski definition) is 1. The topological polar surface area (TPSA) is 12.4 Å². The third-order valence-corrected chi connectivity index (χ3v) is 1.14. The molecule has 0 N–H and O–H groups in total. The van der Waals surface area contributed by atoms with Gasteiger partial charge in [0, 0.05) is 7.05 Å². The molecule has 10 heavy (non-hydrogen) atoms. The molecule has 0 unspecified atom stereocenters. The predicted molar refractivity (Wildman–Crippen MR) is 43.0 cm³/mol. The van der Waals surface area contributed by atoms with E-state index in [0.717, 1.165) is 0 Å². The number of rotatable bonds is 3. The van der Waals surface area contributed by atoms with E-state index in [1.165, 1.54) is 12.2 Å². The van der Waals surface area contributed by atoms with Crippen LogP contribution in [0.2, 0.25) is 0 Å². The van der Waals surface area contributed by atoms with Crippen LogP contribution in [0.1, 0.15) is 13.3 Å². The summed E-state index contributed by atoms with van der Waals surface area (Å²) in [6.07, 6.45) is 3.34. The lowest BCUT2D eigenvalue weighted by molar-refractivity contribution is 0.677. The Kier molecular flexibility index (Phi) is 4.46. The molecular weight excluding hydrogens is 129 g/mol. The van der Waals surface area contributed by atoms with Gasteiger partial charge in [0.2, 0.25) is 0 Å². The Morgan fingerprint density at radius 1 is 1.70 bits per heavy atom. The Labute approximate surface area is 61.0 Å². The zero-order valence-corrected chi connectivity index (χ0v) is 6.39. The summed E-state index contributed by atoms with van der Waals surface area (Å²) in [6, 6.07) is 0. The molecule has 0 atom stereocenters. The molecular formula is C8H12FN. The first-order valence-corrected chi connectivity index (χ1v) is 3.20. The summed E-state index contributed by atoms with van der Waals surface area (Å²) < 4.78 is 12.7. The first-order valence-electron chi connectivity index (χ1n) is 3.20. The standard InChI is InChI=1S/C8H12FN/c1-4-6-7(9)8(5-2)10-3/h4,6H,1,5H2,2-3H3/b7-6+,10-8?. The lowest BCUT2D eigenvalue weighted by atomic mass is 10.2. The van der Waals surface area contributed by atoms with Crippen molar-refractivity contribution in [2.24, 2.45) is 4.99 Å². The van der Waals surface area contributed by atoms with Crippen molar-refractivity contribution in [3.63, 3.8) is 0 Å². The molecule has 0 rings (SSSR count). The quantitative estimate of drug-likeness (QED) is 0.423. The van der Waals surface area contributed by atoms with E-state index in [9.17, 15) is 4.39 Å². The molecule has 0 fully saturated rings. The fourth-order valence-corrected chi connectivity index (χ4v) is 0.633. The fraction of sp³-hybridized carbons (Fsp3) is 0.375. The summed E-state index contributed by atoms with van der Waals surface area (Å²) >= 11 is 0. The van der Waals surface area contributed by atoms with Gasteiger partial charge in [-0.25, -0.2) is 4.39 Å². The molecule has 0 saturated heterocycles. The van der Waals surface area contributed by atoms with Crippen molar-refractivity contribution < 1.29 is 4.39 Å². The van der Waals surface area contributed by atoms with Crippen LogP contribution in [0, 0.1) is 0 Å². The first-order chi connectivity index (χ1) is 4.76. The van der Waals surface area contributed by atoms with Crippen LogP contribution in [-0.4, -0.2) is 12.8 Å². The maximum Gasteiger partial charge on any atom is 0.144 e. The third kappa shape index (κ3) is 2.58. The first kappa shape index (κ1) is 9.08. The van der Waals surface area contributed by atoms with Gasteiger partial charge in [0.05, 0.1) is 5.71 Å². The monoisotopic (exact) mass is 141 g/mol. The van der Waals surface area contributed by atoms with E-state index in [-0.39, 0.29) is 5.83 Å². The van der Waals surface area contributed by atoms with E-state index in [4.69, 9.17) is 0 Å². The van der Waals surface area contributed by atoms with E-state index in [0.29, 0.717) is 12.1 Å². The highest BCUT2D eigenvalue weighted by Crippen LogP contribution is 2.03. The minimum Gasteiger partial charge on any atom is -0.290 e. The lowest BCUT2D eigenvalue weighted by Gasteiger charge is -1.95. The van der Waals surface area contributed by atoms with Crippen LogP contribution in [0.3, 0.4) is 0 Å². The molecule has 0 amide bonds. The average Bonchev–Trinajstić information content (AvgIpc) is 1.91. The Morgan fingerprint density at radius 3 is 2.60 bits per heavy atom. The van der Waals surface area contributed by atoms with Crippen LogP contribution in [0.5, 0.6) is 0 Å². The van der Waals surface area contributed by atoms with Crippen molar-refractivity contribution in [1.82, 2.24) is 0 Å². The molecule has 0 aliphatic carbocycles. The number of allylic oxidation sites excluding steroid dienone is 3. The molecule has 0 aliphatic heterocycles. The highest BCUT2D eigenvalue weighted by Gasteiger charge is 1.99. The SMILES string of the molecule is C=C/C=C(/F)C(CC)=NC. The normalized spacial score (nSPS) is 13.5. The predicted octanol–water partition coefficient (Wildman–Crippen LogP) is 2.51. The smallest absolute Gasteiger partial charge is 0.144 e. The number of hydrogen-bond donors (Lipinski definition) is 0. The Bertz CT molecular complexity index is 168. The van der Waals surface area contributed by atoms with Crippen LogP contribution in [0.4, 0.5) is 4.39 Å². The second kappa shape index (κ2) is 4.91. The molecule has 2 heteroatoms. The molecule has 0 aromatic carbocycles. The van der Waals surface area contributed by atoms with E-state index < -0.39 is 0 Å². The van der Waals surface area contributed by atoms with Crippen molar-refractivity contribution in [1.29, 1.82) is 0 Å². The molecule has 0 spiro atoms. The van der Waals surface area contributed by atoms with Gasteiger partial charge in [-0.15, -0.1) is 0 Å². The van der Waals surface area contributed by atoms with Crippen molar-refractivity contribution in [3.05, 3.63) is 24.6 Å². The fourth-order valence-electron chi connectivity index (χ4n) is 0.633. The van der Waals surface area contributed by atoms with Gasteiger partial charge in [-0.1, -0.05) is 19.6 Å². The van der Waals surface area contributed by atoms with Crippen molar-refractivity contribution in [2.45, 2.75) is 13.3 Å². The summed E-state index contributed by atoms with van der Waals surface area (Å²) in [6.45, 7) is 5.24. The Balaban J connectivity index is 4.30. The Hall–Kier alpha value is -0.920. The number of aliphatic imine (C=N–C) groups is 1. The molecule has 0 radical (unpaired) electrons. The van der Waals surface area contributed by atoms with Gasteiger partial charge in [-0.2, -0.15) is 0 Å². The van der Waals surface area contributed by atoms with Gasteiger partial charge in [0.25, 0.3) is 0 Å². The van der Waals surface area contributed by atoms with Gasteiger partial charge in [-0.3, -0.25) is 4.99 Å². The summed E-state index contributed by atoms with van der Waals surface area (Å²) in [7, 11) is 1.58. The van der Waals surface area contributed by atoms with Gasteiger partial charge < -0.3 is 0 Å². The summed E-state index contributed by atoms with van der Waals surface area (Å²) in [5, 5.41) is 0. The summed E-state index contributed by atoms with van der Waals surface area (Å²) in [5.41, 5.74) is 0.486. The van der Waals surface area contributed by atoms with Gasteiger partial charge in [-0.05, 0) is 12.5 Å². The zero-order chi connectivity index (χ0) is 7.98. The van der Waals surface area contributed by atoms with Crippen LogP contribution in [0.15, 0.2) is 29.6 Å². The second-order valence-electron chi connectivity index (χ2n) is 1.77. The summed E-state index contributed by atoms with van der Waals surface area (Å²) in [5.74, 6) is -0.292. The molecule has 1 nitrogen and oxygen atoms in total. The lowest BCUT2D eigenvalue weighted by Crippen LogP contribution is -1.95. The minimum absolute atomic E-state index is 0.292. The highest BCUT2D eigenvalue weighted by atomic mass is 19.1. The van der Waals surface area contributed by atoms with Crippen molar-refractivity contribution >= 4 is 5.71 Å². The van der Waals surface area contributed by atoms with E-state index in [1.54, 1.807) is 7.05 Å². The van der Waals surface area contributed by atoms with E-state index in [2.05, 4.69) is 11.6 Å². The minimum atomic E-state index is -0.292. The van der Waals surface area contributed by atoms with Gasteiger partial charge >= 0.3 is 0 Å². The molecule has 0 bridgehead atoms. The maximum absolute atomic E-state index is 12.7. The van der Waals surface area contributed by atoms with Gasteiger partial charge in [0.15, 0.2) is 0 Å². The van der Waals surface area contributed by atoms with Crippen molar-refractivity contribution in [2.75, 3.05) is 7.05 Å². The van der Waals surface area contributed by atoms with Crippen LogP contribution in [0.25, 0.3) is 0 Å². The molecule has 0 aromatic rings. The zero-order valence-electron chi connectivity index (χ0n) is 6.39. The number of nitrogens with zero attached hydrogens (tertiary/aromatic N) is 1. The highest BCUT2D eigenvalue weighted by molar-refractivity contribution is 5.98. The second-order valence-corrected chi connectivity index (χ2v) is 1.77.